The number of H-pyrrole nitrogens is 1. The summed E-state index contributed by atoms with van der Waals surface area (Å²) in [5.41, 5.74) is 12.7. The number of ether oxygens (including phenoxy) is 1. The van der Waals surface area contributed by atoms with E-state index >= 15 is 0 Å². The quantitative estimate of drug-likeness (QED) is 0.346. The molecule has 1 unspecified atom stereocenters. The van der Waals surface area contributed by atoms with E-state index in [1.165, 1.54) is 12.3 Å². The molecule has 0 aliphatic carbocycles. The van der Waals surface area contributed by atoms with Crippen LogP contribution in [0.3, 0.4) is 0 Å². The molecule has 0 spiro atoms. The molecule has 0 fully saturated rings. The van der Waals surface area contributed by atoms with Gasteiger partial charge in [-0.3, -0.25) is 9.36 Å². The number of carbonyl (C=O) groups excluding carboxylic acids is 1. The number of benzene rings is 1. The molecule has 3 heterocycles. The van der Waals surface area contributed by atoms with Crippen LogP contribution in [0.1, 0.15) is 10.9 Å². The summed E-state index contributed by atoms with van der Waals surface area (Å²) in [6.07, 6.45) is 2.10. The molecular formula is C20H21N5O5S. The molecule has 10 nitrogen and oxygen atoms in total. The molecule has 0 saturated heterocycles. The van der Waals surface area contributed by atoms with Crippen molar-refractivity contribution in [2.24, 2.45) is 5.73 Å². The maximum atomic E-state index is 12.4. The number of nitrogen functional groups attached to an aromatic ring is 1. The van der Waals surface area contributed by atoms with Gasteiger partial charge >= 0.3 is 11.7 Å². The molecule has 0 saturated carbocycles. The topological polar surface area (TPSA) is 169 Å². The van der Waals surface area contributed by atoms with E-state index in [4.69, 9.17) is 16.2 Å². The number of anilines is 1. The lowest BCUT2D eigenvalue weighted by Crippen LogP contribution is -2.34. The van der Waals surface area contributed by atoms with Crippen LogP contribution in [0, 0.1) is 0 Å². The van der Waals surface area contributed by atoms with Crippen LogP contribution in [0.4, 0.5) is 5.82 Å². The van der Waals surface area contributed by atoms with Crippen molar-refractivity contribution in [3.63, 3.8) is 0 Å². The fourth-order valence-electron chi connectivity index (χ4n) is 3.37. The lowest BCUT2D eigenvalue weighted by atomic mass is 10.1. The Balaban J connectivity index is 1.39. The molecule has 1 aliphatic rings. The Kier molecular flexibility index (Phi) is 5.72. The van der Waals surface area contributed by atoms with Crippen LogP contribution in [0.15, 0.2) is 58.2 Å². The van der Waals surface area contributed by atoms with Crippen molar-refractivity contribution in [3.05, 3.63) is 69.4 Å². The Morgan fingerprint density at radius 3 is 2.90 bits per heavy atom. The van der Waals surface area contributed by atoms with Gasteiger partial charge in [-0.2, -0.15) is 4.98 Å². The monoisotopic (exact) mass is 443 g/mol. The molecule has 11 heteroatoms. The zero-order valence-corrected chi connectivity index (χ0v) is 17.1. The third kappa shape index (κ3) is 4.15. The highest BCUT2D eigenvalue weighted by Gasteiger charge is 2.37. The summed E-state index contributed by atoms with van der Waals surface area (Å²) in [6, 6.07) is 8.18. The van der Waals surface area contributed by atoms with Gasteiger partial charge in [0, 0.05) is 29.7 Å². The third-order valence-corrected chi connectivity index (χ3v) is 6.33. The number of nitrogens with zero attached hydrogens (tertiary/aromatic N) is 2. The number of nitrogens with one attached hydrogen (secondary N) is 1. The Morgan fingerprint density at radius 2 is 2.13 bits per heavy atom. The first-order valence-corrected chi connectivity index (χ1v) is 10.3. The molecule has 0 amide bonds. The summed E-state index contributed by atoms with van der Waals surface area (Å²) in [5.74, 6) is -0.957. The Hall–Kier alpha value is -3.28. The van der Waals surface area contributed by atoms with E-state index in [9.17, 15) is 19.8 Å². The van der Waals surface area contributed by atoms with E-state index < -0.39 is 29.2 Å². The maximum absolute atomic E-state index is 12.4. The number of para-hydroxylation sites is 1. The van der Waals surface area contributed by atoms with Crippen molar-refractivity contribution < 1.29 is 19.7 Å². The van der Waals surface area contributed by atoms with Gasteiger partial charge in [-0.15, -0.1) is 0 Å². The van der Waals surface area contributed by atoms with E-state index in [-0.39, 0.29) is 29.5 Å². The highest BCUT2D eigenvalue weighted by atomic mass is 32.2. The lowest BCUT2D eigenvalue weighted by Gasteiger charge is -2.16. The predicted molar refractivity (Wildman–Crippen MR) is 116 cm³/mol. The van der Waals surface area contributed by atoms with Gasteiger partial charge in [0.15, 0.2) is 0 Å². The highest BCUT2D eigenvalue weighted by molar-refractivity contribution is 8.03. The Labute approximate surface area is 180 Å². The average Bonchev–Trinajstić information content (AvgIpc) is 3.28. The Morgan fingerprint density at radius 1 is 1.35 bits per heavy atom. The minimum atomic E-state index is -1.36. The van der Waals surface area contributed by atoms with Crippen molar-refractivity contribution in [2.45, 2.75) is 23.9 Å². The molecule has 3 aromatic rings. The number of nitrogens with two attached hydrogens (primary N) is 2. The van der Waals surface area contributed by atoms with Crippen molar-refractivity contribution in [3.8, 4) is 0 Å². The molecule has 31 heavy (non-hydrogen) atoms. The molecule has 7 N–H and O–H groups in total. The Bertz CT molecular complexity index is 1220. The van der Waals surface area contributed by atoms with Crippen LogP contribution in [-0.4, -0.2) is 49.5 Å². The zero-order chi connectivity index (χ0) is 22.1. The normalized spacial score (nSPS) is 19.7. The van der Waals surface area contributed by atoms with Crippen molar-refractivity contribution >= 4 is 34.5 Å². The SMILES string of the molecule is Nc1ccn([C@@H]2SC(COC(=O)[C@H](N)Cc3c[nH]c4ccccc34)=C(O)C2O)c(=O)n1. The number of aliphatic hydroxyl groups excluding tert-OH is 2. The maximum Gasteiger partial charge on any atom is 0.350 e. The molecule has 0 bridgehead atoms. The first kappa shape index (κ1) is 21.0. The minimum Gasteiger partial charge on any atom is -0.508 e. The first-order valence-electron chi connectivity index (χ1n) is 9.43. The molecule has 2 aromatic heterocycles. The number of aromatic nitrogens is 3. The smallest absolute Gasteiger partial charge is 0.350 e. The van der Waals surface area contributed by atoms with Gasteiger partial charge in [0.2, 0.25) is 0 Å². The number of aromatic amines is 1. The van der Waals surface area contributed by atoms with Crippen molar-refractivity contribution in [1.29, 1.82) is 0 Å². The van der Waals surface area contributed by atoms with Gasteiger partial charge in [-0.05, 0) is 17.7 Å². The van der Waals surface area contributed by atoms with E-state index in [0.29, 0.717) is 0 Å². The van der Waals surface area contributed by atoms with Gasteiger partial charge < -0.3 is 31.4 Å². The first-order chi connectivity index (χ1) is 14.8. The van der Waals surface area contributed by atoms with Crippen LogP contribution < -0.4 is 17.2 Å². The molecule has 3 atom stereocenters. The van der Waals surface area contributed by atoms with Gasteiger partial charge in [-0.1, -0.05) is 30.0 Å². The highest BCUT2D eigenvalue weighted by Crippen LogP contribution is 2.43. The molecule has 4 rings (SSSR count). The molecule has 0 radical (unpaired) electrons. The number of rotatable bonds is 6. The lowest BCUT2D eigenvalue weighted by molar-refractivity contribution is -0.144. The van der Waals surface area contributed by atoms with Gasteiger partial charge in [0.1, 0.15) is 35.7 Å². The molecule has 1 aromatic carbocycles. The number of esters is 1. The summed E-state index contributed by atoms with van der Waals surface area (Å²) >= 11 is 1.000. The number of hydrogen-bond donors (Lipinski definition) is 5. The minimum absolute atomic E-state index is 0.0502. The molecule has 1 aliphatic heterocycles. The average molecular weight is 443 g/mol. The second kappa shape index (κ2) is 8.46. The zero-order valence-electron chi connectivity index (χ0n) is 16.3. The van der Waals surface area contributed by atoms with E-state index in [1.807, 2.05) is 24.3 Å². The van der Waals surface area contributed by atoms with Crippen LogP contribution in [0.5, 0.6) is 0 Å². The summed E-state index contributed by atoms with van der Waals surface area (Å²) in [7, 11) is 0. The molecule has 162 valence electrons. The predicted octanol–water partition coefficient (Wildman–Crippen LogP) is 0.796. The molecular weight excluding hydrogens is 422 g/mol. The fourth-order valence-corrected chi connectivity index (χ4v) is 4.56. The van der Waals surface area contributed by atoms with Gasteiger partial charge in [0.25, 0.3) is 0 Å². The fraction of sp³-hybridized carbons (Fsp3) is 0.250. The standard InChI is InChI=1S/C20H21N5O5S/c21-12(7-10-8-23-13-4-2-1-3-11(10)13)19(28)30-9-14-16(26)17(27)18(31-14)25-6-5-15(22)24-20(25)29/h1-6,8,12,17-18,23,26-27H,7,9,21H2,(H2,22,24,29)/t12-,17?,18-/m1/s1. The van der Waals surface area contributed by atoms with E-state index in [1.54, 1.807) is 6.20 Å². The number of hydrogen-bond acceptors (Lipinski definition) is 9. The largest absolute Gasteiger partial charge is 0.508 e. The number of aliphatic hydroxyl groups is 2. The summed E-state index contributed by atoms with van der Waals surface area (Å²) in [5, 5.41) is 20.7. The summed E-state index contributed by atoms with van der Waals surface area (Å²) in [6.45, 7) is -0.276. The van der Waals surface area contributed by atoms with E-state index in [2.05, 4.69) is 9.97 Å². The summed E-state index contributed by atoms with van der Waals surface area (Å²) < 4.78 is 6.41. The third-order valence-electron chi connectivity index (χ3n) is 4.99. The van der Waals surface area contributed by atoms with Gasteiger partial charge in [-0.25, -0.2) is 4.79 Å². The number of carbonyl (C=O) groups is 1. The van der Waals surface area contributed by atoms with Crippen molar-refractivity contribution in [2.75, 3.05) is 12.3 Å². The van der Waals surface area contributed by atoms with Crippen LogP contribution in [0.25, 0.3) is 10.9 Å². The second-order valence-electron chi connectivity index (χ2n) is 7.08. The summed E-state index contributed by atoms with van der Waals surface area (Å²) in [4.78, 5) is 31.4. The number of thioether (sulfide) groups is 1. The number of fused-ring (bicyclic) bond motifs is 1. The van der Waals surface area contributed by atoms with E-state index in [0.717, 1.165) is 32.8 Å². The van der Waals surface area contributed by atoms with Gasteiger partial charge in [0.05, 0.1) is 4.91 Å². The van der Waals surface area contributed by atoms with Crippen LogP contribution >= 0.6 is 11.8 Å². The van der Waals surface area contributed by atoms with Crippen molar-refractivity contribution in [1.82, 2.24) is 14.5 Å². The van der Waals surface area contributed by atoms with Crippen LogP contribution in [-0.2, 0) is 16.0 Å². The van der Waals surface area contributed by atoms with Crippen LogP contribution in [0.2, 0.25) is 0 Å². The second-order valence-corrected chi connectivity index (χ2v) is 8.29.